The van der Waals surface area contributed by atoms with Crippen LogP contribution in [0, 0.1) is 13.8 Å². The zero-order valence-electron chi connectivity index (χ0n) is 9.84. The van der Waals surface area contributed by atoms with Crippen LogP contribution in [0.15, 0.2) is 18.7 Å². The van der Waals surface area contributed by atoms with Gasteiger partial charge >= 0.3 is 0 Å². The molecule has 0 amide bonds. The van der Waals surface area contributed by atoms with Crippen molar-refractivity contribution < 1.29 is 4.79 Å². The maximum Gasteiger partial charge on any atom is 0.187 e. The minimum absolute atomic E-state index is 0.0193. The Kier molecular flexibility index (Phi) is 3.89. The fourth-order valence-electron chi connectivity index (χ4n) is 1.82. The Labute approximate surface area is 91.6 Å². The molecule has 0 bridgehead atoms. The fraction of sp³-hybridized carbons (Fsp3) is 0.462. The number of aromatic nitrogens is 1. The van der Waals surface area contributed by atoms with Gasteiger partial charge in [-0.2, -0.15) is 0 Å². The van der Waals surface area contributed by atoms with Gasteiger partial charge in [0.05, 0.1) is 0 Å². The Morgan fingerprint density at radius 3 is 2.73 bits per heavy atom. The molecule has 0 radical (unpaired) electrons. The quantitative estimate of drug-likeness (QED) is 0.534. The summed E-state index contributed by atoms with van der Waals surface area (Å²) in [6.07, 6.45) is 3.70. The molecule has 0 aliphatic carbocycles. The average Bonchev–Trinajstić information content (AvgIpc) is 2.51. The standard InChI is InChI=1S/C13H19NO/c1-5-7-8-14-10(3)9-12(11(14)4)13(15)6-2/h6,9H,2,5,7-8H2,1,3-4H3. The van der Waals surface area contributed by atoms with E-state index < -0.39 is 0 Å². The van der Waals surface area contributed by atoms with E-state index in [2.05, 4.69) is 18.1 Å². The monoisotopic (exact) mass is 205 g/mol. The van der Waals surface area contributed by atoms with Crippen LogP contribution in [0.4, 0.5) is 0 Å². The third kappa shape index (κ3) is 2.38. The summed E-state index contributed by atoms with van der Waals surface area (Å²) in [4.78, 5) is 11.5. The molecule has 0 saturated heterocycles. The van der Waals surface area contributed by atoms with Crippen molar-refractivity contribution in [2.75, 3.05) is 0 Å². The molecule has 0 aromatic carbocycles. The highest BCUT2D eigenvalue weighted by atomic mass is 16.1. The van der Waals surface area contributed by atoms with Crippen molar-refractivity contribution in [3.05, 3.63) is 35.7 Å². The molecule has 0 saturated carbocycles. The molecule has 82 valence electrons. The lowest BCUT2D eigenvalue weighted by atomic mass is 10.1. The number of unbranched alkanes of at least 4 members (excludes halogenated alkanes) is 1. The lowest BCUT2D eigenvalue weighted by Gasteiger charge is -2.08. The summed E-state index contributed by atoms with van der Waals surface area (Å²) in [7, 11) is 0. The molecule has 1 rings (SSSR count). The van der Waals surface area contributed by atoms with Gasteiger partial charge in [-0.05, 0) is 32.4 Å². The Morgan fingerprint density at radius 2 is 2.20 bits per heavy atom. The summed E-state index contributed by atoms with van der Waals surface area (Å²) < 4.78 is 2.21. The van der Waals surface area contributed by atoms with Gasteiger partial charge in [-0.15, -0.1) is 0 Å². The summed E-state index contributed by atoms with van der Waals surface area (Å²) in [5.41, 5.74) is 3.01. The molecular formula is C13H19NO. The van der Waals surface area contributed by atoms with E-state index in [9.17, 15) is 4.79 Å². The van der Waals surface area contributed by atoms with Crippen LogP contribution in [0.1, 0.15) is 41.5 Å². The first-order chi connectivity index (χ1) is 7.11. The van der Waals surface area contributed by atoms with Crippen molar-refractivity contribution in [2.45, 2.75) is 40.2 Å². The molecule has 0 atom stereocenters. The molecule has 0 unspecified atom stereocenters. The summed E-state index contributed by atoms with van der Waals surface area (Å²) in [6.45, 7) is 10.7. The number of allylic oxidation sites excluding steroid dienone is 1. The number of hydrogen-bond acceptors (Lipinski definition) is 1. The van der Waals surface area contributed by atoms with Crippen molar-refractivity contribution in [1.29, 1.82) is 0 Å². The van der Waals surface area contributed by atoms with E-state index in [1.54, 1.807) is 0 Å². The predicted octanol–water partition coefficient (Wildman–Crippen LogP) is 3.27. The van der Waals surface area contributed by atoms with E-state index in [-0.39, 0.29) is 5.78 Å². The molecule has 0 aliphatic rings. The van der Waals surface area contributed by atoms with Gasteiger partial charge in [0.15, 0.2) is 5.78 Å². The first kappa shape index (κ1) is 11.8. The zero-order chi connectivity index (χ0) is 11.4. The summed E-state index contributed by atoms with van der Waals surface area (Å²) in [5, 5.41) is 0. The average molecular weight is 205 g/mol. The number of hydrogen-bond donors (Lipinski definition) is 0. The number of nitrogens with zero attached hydrogens (tertiary/aromatic N) is 1. The van der Waals surface area contributed by atoms with Crippen molar-refractivity contribution >= 4 is 5.78 Å². The van der Waals surface area contributed by atoms with Gasteiger partial charge in [-0.25, -0.2) is 0 Å². The van der Waals surface area contributed by atoms with E-state index in [0.29, 0.717) is 0 Å². The van der Waals surface area contributed by atoms with Crippen LogP contribution < -0.4 is 0 Å². The van der Waals surface area contributed by atoms with Gasteiger partial charge in [0.2, 0.25) is 0 Å². The lowest BCUT2D eigenvalue weighted by Crippen LogP contribution is -2.04. The maximum atomic E-state index is 11.5. The Morgan fingerprint density at radius 1 is 1.53 bits per heavy atom. The highest BCUT2D eigenvalue weighted by molar-refractivity contribution is 6.05. The number of carbonyl (C=O) groups is 1. The van der Waals surface area contributed by atoms with Crippen molar-refractivity contribution in [3.63, 3.8) is 0 Å². The van der Waals surface area contributed by atoms with E-state index >= 15 is 0 Å². The molecule has 0 N–H and O–H groups in total. The molecule has 1 aromatic heterocycles. The molecule has 2 heteroatoms. The summed E-state index contributed by atoms with van der Waals surface area (Å²) in [6, 6.07) is 1.95. The van der Waals surface area contributed by atoms with Crippen LogP contribution >= 0.6 is 0 Å². The Balaban J connectivity index is 3.03. The first-order valence-corrected chi connectivity index (χ1v) is 5.45. The smallest absolute Gasteiger partial charge is 0.187 e. The van der Waals surface area contributed by atoms with Crippen LogP contribution in [-0.4, -0.2) is 10.4 Å². The fourth-order valence-corrected chi connectivity index (χ4v) is 1.82. The van der Waals surface area contributed by atoms with Crippen LogP contribution in [0.2, 0.25) is 0 Å². The minimum atomic E-state index is 0.0193. The topological polar surface area (TPSA) is 22.0 Å². The van der Waals surface area contributed by atoms with Gasteiger partial charge in [-0.1, -0.05) is 19.9 Å². The summed E-state index contributed by atoms with van der Waals surface area (Å²) >= 11 is 0. The maximum absolute atomic E-state index is 11.5. The van der Waals surface area contributed by atoms with Crippen LogP contribution in [0.5, 0.6) is 0 Å². The van der Waals surface area contributed by atoms with Gasteiger partial charge < -0.3 is 4.57 Å². The molecule has 0 spiro atoms. The van der Waals surface area contributed by atoms with Gasteiger partial charge in [0, 0.05) is 23.5 Å². The second-order valence-electron chi connectivity index (χ2n) is 3.86. The van der Waals surface area contributed by atoms with Crippen molar-refractivity contribution in [2.24, 2.45) is 0 Å². The molecular weight excluding hydrogens is 186 g/mol. The number of aryl methyl sites for hydroxylation is 1. The lowest BCUT2D eigenvalue weighted by molar-refractivity contribution is 0.104. The number of ketones is 1. The Bertz CT molecular complexity index is 374. The van der Waals surface area contributed by atoms with Crippen LogP contribution in [0.3, 0.4) is 0 Å². The van der Waals surface area contributed by atoms with E-state index in [0.717, 1.165) is 29.9 Å². The highest BCUT2D eigenvalue weighted by Crippen LogP contribution is 2.16. The molecule has 1 aromatic rings. The van der Waals surface area contributed by atoms with Gasteiger partial charge in [0.25, 0.3) is 0 Å². The molecule has 1 heterocycles. The van der Waals surface area contributed by atoms with Crippen LogP contribution in [0.25, 0.3) is 0 Å². The SMILES string of the molecule is C=CC(=O)c1cc(C)n(CCCC)c1C. The predicted molar refractivity (Wildman–Crippen MR) is 63.3 cm³/mol. The first-order valence-electron chi connectivity index (χ1n) is 5.45. The van der Waals surface area contributed by atoms with Crippen molar-refractivity contribution in [1.82, 2.24) is 4.57 Å². The van der Waals surface area contributed by atoms with Gasteiger partial charge in [0.1, 0.15) is 0 Å². The minimum Gasteiger partial charge on any atom is -0.348 e. The molecule has 2 nitrogen and oxygen atoms in total. The largest absolute Gasteiger partial charge is 0.348 e. The summed E-state index contributed by atoms with van der Waals surface area (Å²) in [5.74, 6) is 0.0193. The molecule has 0 fully saturated rings. The molecule has 0 aliphatic heterocycles. The Hall–Kier alpha value is -1.31. The van der Waals surface area contributed by atoms with E-state index in [4.69, 9.17) is 0 Å². The number of rotatable bonds is 5. The van der Waals surface area contributed by atoms with Gasteiger partial charge in [-0.3, -0.25) is 4.79 Å². The highest BCUT2D eigenvalue weighted by Gasteiger charge is 2.12. The third-order valence-corrected chi connectivity index (χ3v) is 2.76. The van der Waals surface area contributed by atoms with E-state index in [1.807, 2.05) is 19.9 Å². The normalized spacial score (nSPS) is 10.3. The van der Waals surface area contributed by atoms with E-state index in [1.165, 1.54) is 12.5 Å². The number of carbonyl (C=O) groups excluding carboxylic acids is 1. The third-order valence-electron chi connectivity index (χ3n) is 2.76. The molecule has 15 heavy (non-hydrogen) atoms. The second kappa shape index (κ2) is 4.96. The van der Waals surface area contributed by atoms with Crippen molar-refractivity contribution in [3.8, 4) is 0 Å². The zero-order valence-corrected chi connectivity index (χ0v) is 9.84. The second-order valence-corrected chi connectivity index (χ2v) is 3.86. The van der Waals surface area contributed by atoms with Crippen LogP contribution in [-0.2, 0) is 6.54 Å².